The third-order valence-electron chi connectivity index (χ3n) is 1.33. The van der Waals surface area contributed by atoms with Crippen LogP contribution in [-0.4, -0.2) is 6.21 Å². The maximum absolute atomic E-state index is 4.03. The van der Waals surface area contributed by atoms with E-state index in [-0.39, 0.29) is 0 Å². The lowest BCUT2D eigenvalue weighted by atomic mass is 10.3. The Morgan fingerprint density at radius 1 is 1.31 bits per heavy atom. The fraction of sp³-hybridized carbons (Fsp3) is 0.222. The van der Waals surface area contributed by atoms with E-state index in [1.165, 1.54) is 0 Å². The number of anilines is 1. The van der Waals surface area contributed by atoms with Gasteiger partial charge in [-0.05, 0) is 24.6 Å². The number of halogens is 2. The number of nitrogens with zero attached hydrogens (tertiary/aromatic N) is 1. The second kappa shape index (κ2) is 5.40. The maximum Gasteiger partial charge on any atom is 0.0584 e. The second-order valence-electron chi connectivity index (χ2n) is 2.49. The van der Waals surface area contributed by atoms with Crippen molar-refractivity contribution in [2.24, 2.45) is 5.10 Å². The van der Waals surface area contributed by atoms with Gasteiger partial charge in [0, 0.05) is 15.2 Å². The zero-order valence-electron chi connectivity index (χ0n) is 7.22. The third kappa shape index (κ3) is 3.91. The van der Waals surface area contributed by atoms with Crippen LogP contribution in [0.15, 0.2) is 32.2 Å². The fourth-order valence-corrected chi connectivity index (χ4v) is 2.12. The summed E-state index contributed by atoms with van der Waals surface area (Å²) >= 11 is 6.80. The summed E-state index contributed by atoms with van der Waals surface area (Å²) in [5.74, 6) is 0. The molecule has 0 spiro atoms. The van der Waals surface area contributed by atoms with Crippen molar-refractivity contribution in [3.05, 3.63) is 27.1 Å². The van der Waals surface area contributed by atoms with Crippen molar-refractivity contribution in [1.29, 1.82) is 0 Å². The molecule has 0 heterocycles. The molecule has 0 aromatic heterocycles. The van der Waals surface area contributed by atoms with E-state index in [9.17, 15) is 0 Å². The summed E-state index contributed by atoms with van der Waals surface area (Å²) in [4.78, 5) is 0. The summed E-state index contributed by atoms with van der Waals surface area (Å²) in [7, 11) is 0. The van der Waals surface area contributed by atoms with Gasteiger partial charge in [-0.25, -0.2) is 0 Å². The average Bonchev–Trinajstić information content (AvgIpc) is 2.03. The van der Waals surface area contributed by atoms with Crippen LogP contribution in [0.5, 0.6) is 0 Å². The van der Waals surface area contributed by atoms with E-state index in [2.05, 4.69) is 42.4 Å². The van der Waals surface area contributed by atoms with Crippen LogP contribution in [0, 0.1) is 0 Å². The van der Waals surface area contributed by atoms with E-state index < -0.39 is 0 Å². The molecule has 70 valence electrons. The van der Waals surface area contributed by atoms with Crippen molar-refractivity contribution >= 4 is 43.8 Å². The Kier molecular flexibility index (Phi) is 4.45. The molecule has 0 aliphatic heterocycles. The lowest BCUT2D eigenvalue weighted by Crippen LogP contribution is -1.88. The molecule has 1 aromatic carbocycles. The van der Waals surface area contributed by atoms with Crippen LogP contribution in [0.1, 0.15) is 13.3 Å². The van der Waals surface area contributed by atoms with Crippen LogP contribution >= 0.6 is 31.9 Å². The molecule has 0 saturated carbocycles. The summed E-state index contributed by atoms with van der Waals surface area (Å²) in [6.07, 6.45) is 2.76. The Hall–Kier alpha value is -0.350. The molecular weight excluding hydrogens is 296 g/mol. The molecule has 0 radical (unpaired) electrons. The molecule has 2 nitrogen and oxygen atoms in total. The van der Waals surface area contributed by atoms with Gasteiger partial charge in [0.05, 0.1) is 5.69 Å². The minimum absolute atomic E-state index is 0.933. The normalized spacial score (nSPS) is 10.7. The van der Waals surface area contributed by atoms with Crippen LogP contribution in [-0.2, 0) is 0 Å². The number of hydrogen-bond donors (Lipinski definition) is 1. The first-order valence-corrected chi connectivity index (χ1v) is 5.54. The number of nitrogens with one attached hydrogen (secondary N) is 1. The lowest BCUT2D eigenvalue weighted by Gasteiger charge is -2.01. The minimum atomic E-state index is 0.933. The van der Waals surface area contributed by atoms with Crippen molar-refractivity contribution in [3.8, 4) is 0 Å². The van der Waals surface area contributed by atoms with Crippen LogP contribution in [0.2, 0.25) is 0 Å². The van der Waals surface area contributed by atoms with E-state index >= 15 is 0 Å². The molecule has 4 heteroatoms. The fourth-order valence-electron chi connectivity index (χ4n) is 0.830. The van der Waals surface area contributed by atoms with Crippen LogP contribution in [0.25, 0.3) is 0 Å². The molecule has 1 rings (SSSR count). The van der Waals surface area contributed by atoms with Crippen molar-refractivity contribution < 1.29 is 0 Å². The summed E-state index contributed by atoms with van der Waals surface area (Å²) < 4.78 is 2.05. The largest absolute Gasteiger partial charge is 0.279 e. The van der Waals surface area contributed by atoms with Gasteiger partial charge in [-0.2, -0.15) is 5.10 Å². The Bertz CT molecular complexity index is 290. The Balaban J connectivity index is 2.71. The number of hydrogen-bond acceptors (Lipinski definition) is 2. The molecular formula is C9H10Br2N2. The van der Waals surface area contributed by atoms with E-state index in [1.54, 1.807) is 0 Å². The molecule has 0 aliphatic carbocycles. The number of hydrazone groups is 1. The number of benzene rings is 1. The third-order valence-corrected chi connectivity index (χ3v) is 2.25. The molecule has 0 bridgehead atoms. The molecule has 1 aromatic rings. The first-order chi connectivity index (χ1) is 6.22. The Morgan fingerprint density at radius 3 is 2.46 bits per heavy atom. The topological polar surface area (TPSA) is 24.4 Å². The van der Waals surface area contributed by atoms with Crippen molar-refractivity contribution in [2.75, 3.05) is 5.43 Å². The van der Waals surface area contributed by atoms with Gasteiger partial charge >= 0.3 is 0 Å². The molecule has 0 amide bonds. The van der Waals surface area contributed by atoms with E-state index in [1.807, 2.05) is 31.3 Å². The van der Waals surface area contributed by atoms with Crippen molar-refractivity contribution in [1.82, 2.24) is 0 Å². The summed E-state index contributed by atoms with van der Waals surface area (Å²) in [6.45, 7) is 2.04. The van der Waals surface area contributed by atoms with Gasteiger partial charge in [0.1, 0.15) is 0 Å². The zero-order valence-corrected chi connectivity index (χ0v) is 10.4. The van der Waals surface area contributed by atoms with E-state index in [4.69, 9.17) is 0 Å². The SMILES string of the molecule is CCC=NNc1cc(Br)cc(Br)c1. The van der Waals surface area contributed by atoms with Crippen LogP contribution < -0.4 is 5.43 Å². The predicted molar refractivity (Wildman–Crippen MR) is 64.2 cm³/mol. The first-order valence-electron chi connectivity index (χ1n) is 3.96. The second-order valence-corrected chi connectivity index (χ2v) is 4.32. The first kappa shape index (κ1) is 10.7. The minimum Gasteiger partial charge on any atom is -0.279 e. The van der Waals surface area contributed by atoms with Crippen molar-refractivity contribution in [3.63, 3.8) is 0 Å². The highest BCUT2D eigenvalue weighted by atomic mass is 79.9. The molecule has 0 saturated heterocycles. The summed E-state index contributed by atoms with van der Waals surface area (Å²) in [6, 6.07) is 5.92. The van der Waals surface area contributed by atoms with Crippen LogP contribution in [0.4, 0.5) is 5.69 Å². The Labute approximate surface area is 94.7 Å². The highest BCUT2D eigenvalue weighted by molar-refractivity contribution is 9.11. The highest BCUT2D eigenvalue weighted by Gasteiger charge is 1.94. The standard InChI is InChI=1S/C9H10Br2N2/c1-2-3-12-13-9-5-7(10)4-8(11)6-9/h3-6,13H,2H2,1H3. The van der Waals surface area contributed by atoms with Crippen molar-refractivity contribution in [2.45, 2.75) is 13.3 Å². The zero-order chi connectivity index (χ0) is 9.68. The molecule has 13 heavy (non-hydrogen) atoms. The lowest BCUT2D eigenvalue weighted by molar-refractivity contribution is 1.26. The summed E-state index contributed by atoms with van der Waals surface area (Å²) in [5, 5.41) is 4.03. The molecule has 1 N–H and O–H groups in total. The Morgan fingerprint density at radius 2 is 1.92 bits per heavy atom. The van der Waals surface area contributed by atoms with Gasteiger partial charge in [-0.3, -0.25) is 5.43 Å². The summed E-state index contributed by atoms with van der Waals surface area (Å²) in [5.41, 5.74) is 3.90. The van der Waals surface area contributed by atoms with Gasteiger partial charge in [0.15, 0.2) is 0 Å². The average molecular weight is 306 g/mol. The highest BCUT2D eigenvalue weighted by Crippen LogP contribution is 2.23. The van der Waals surface area contributed by atoms with Gasteiger partial charge in [0.25, 0.3) is 0 Å². The van der Waals surface area contributed by atoms with E-state index in [0.29, 0.717) is 0 Å². The quantitative estimate of drug-likeness (QED) is 0.662. The molecule has 0 unspecified atom stereocenters. The van der Waals surface area contributed by atoms with Gasteiger partial charge in [-0.15, -0.1) is 0 Å². The monoisotopic (exact) mass is 304 g/mol. The maximum atomic E-state index is 4.03. The van der Waals surface area contributed by atoms with Gasteiger partial charge < -0.3 is 0 Å². The predicted octanol–water partition coefficient (Wildman–Crippen LogP) is 4.02. The van der Waals surface area contributed by atoms with Gasteiger partial charge in [0.2, 0.25) is 0 Å². The molecule has 0 aliphatic rings. The molecule has 0 fully saturated rings. The molecule has 0 atom stereocenters. The smallest absolute Gasteiger partial charge is 0.0584 e. The number of rotatable bonds is 3. The van der Waals surface area contributed by atoms with E-state index in [0.717, 1.165) is 21.1 Å². The van der Waals surface area contributed by atoms with Crippen LogP contribution in [0.3, 0.4) is 0 Å². The van der Waals surface area contributed by atoms with Gasteiger partial charge in [-0.1, -0.05) is 38.8 Å².